The van der Waals surface area contributed by atoms with Gasteiger partial charge in [0.25, 0.3) is 0 Å². The number of halogens is 1. The molecule has 0 bridgehead atoms. The molecule has 0 saturated heterocycles. The van der Waals surface area contributed by atoms with E-state index in [-0.39, 0.29) is 30.0 Å². The second-order valence-electron chi connectivity index (χ2n) is 4.39. The zero-order valence-corrected chi connectivity index (χ0v) is 16.4. The number of aryl methyl sites for hydroxylation is 1. The predicted octanol–water partition coefficient (Wildman–Crippen LogP) is 3.81. The number of hydrogen-bond acceptors (Lipinski definition) is 4. The minimum absolute atomic E-state index is 0. The first-order chi connectivity index (χ1) is 9.72. The summed E-state index contributed by atoms with van der Waals surface area (Å²) in [5, 5.41) is 12.1. The Hall–Kier alpha value is -0.670. The van der Waals surface area contributed by atoms with Gasteiger partial charge in [0.05, 0.1) is 23.3 Å². The second kappa shape index (κ2) is 9.37. The molecule has 0 aromatic carbocycles. The van der Waals surface area contributed by atoms with E-state index >= 15 is 0 Å². The summed E-state index contributed by atoms with van der Waals surface area (Å²) in [4.78, 5) is 10.1. The first-order valence-electron chi connectivity index (χ1n) is 6.66. The van der Waals surface area contributed by atoms with Crippen molar-refractivity contribution in [3.63, 3.8) is 0 Å². The van der Waals surface area contributed by atoms with E-state index in [1.807, 2.05) is 0 Å². The smallest absolute Gasteiger partial charge is 0.191 e. The van der Waals surface area contributed by atoms with Crippen molar-refractivity contribution >= 4 is 52.6 Å². The number of nitrogens with zero attached hydrogens (tertiary/aromatic N) is 2. The fourth-order valence-corrected chi connectivity index (χ4v) is 3.25. The second-order valence-corrected chi connectivity index (χ2v) is 6.32. The number of thiophene rings is 1. The minimum Gasteiger partial charge on any atom is -0.351 e. The highest BCUT2D eigenvalue weighted by Gasteiger charge is 2.09. The maximum absolute atomic E-state index is 4.54. The molecule has 0 radical (unpaired) electrons. The lowest BCUT2D eigenvalue weighted by atomic mass is 10.3. The Morgan fingerprint density at radius 3 is 2.81 bits per heavy atom. The summed E-state index contributed by atoms with van der Waals surface area (Å²) in [6, 6.07) is 4.45. The lowest BCUT2D eigenvalue weighted by Crippen LogP contribution is -2.38. The molecule has 7 heteroatoms. The molecule has 2 aromatic heterocycles. The van der Waals surface area contributed by atoms with Gasteiger partial charge >= 0.3 is 0 Å². The van der Waals surface area contributed by atoms with E-state index in [1.54, 1.807) is 29.7 Å². The average molecular weight is 436 g/mol. The lowest BCUT2D eigenvalue weighted by molar-refractivity contribution is 0.694. The highest BCUT2D eigenvalue weighted by atomic mass is 127. The predicted molar refractivity (Wildman–Crippen MR) is 103 cm³/mol. The summed E-state index contributed by atoms with van der Waals surface area (Å²) in [6.07, 6.45) is 0.993. The Morgan fingerprint density at radius 1 is 1.43 bits per heavy atom. The molecule has 21 heavy (non-hydrogen) atoms. The standard InChI is InChI=1S/C14H20N4S2.HI/c1-4-13-18-11(9-20-13)8-16-14(15-3)17-10(2)12-6-5-7-19-12;/h5-7,9-10H,4,8H2,1-3H3,(H2,15,16,17);1H. The van der Waals surface area contributed by atoms with Crippen LogP contribution in [0.15, 0.2) is 27.9 Å². The van der Waals surface area contributed by atoms with Crippen LogP contribution in [0, 0.1) is 0 Å². The zero-order chi connectivity index (χ0) is 14.4. The Labute approximate surface area is 151 Å². The lowest BCUT2D eigenvalue weighted by Gasteiger charge is -2.16. The SMILES string of the molecule is CCc1nc(CNC(=NC)NC(C)c2cccs2)cs1.I. The van der Waals surface area contributed by atoms with Gasteiger partial charge in [-0.25, -0.2) is 4.98 Å². The van der Waals surface area contributed by atoms with Gasteiger partial charge in [0.2, 0.25) is 0 Å². The third-order valence-electron chi connectivity index (χ3n) is 2.89. The molecule has 0 aliphatic heterocycles. The zero-order valence-electron chi connectivity index (χ0n) is 12.4. The first kappa shape index (κ1) is 18.4. The van der Waals surface area contributed by atoms with Crippen molar-refractivity contribution in [3.05, 3.63) is 38.5 Å². The summed E-state index contributed by atoms with van der Waals surface area (Å²) >= 11 is 3.46. The van der Waals surface area contributed by atoms with Crippen LogP contribution in [0.5, 0.6) is 0 Å². The summed E-state index contributed by atoms with van der Waals surface area (Å²) in [7, 11) is 1.79. The van der Waals surface area contributed by atoms with Crippen molar-refractivity contribution in [1.82, 2.24) is 15.6 Å². The van der Waals surface area contributed by atoms with Crippen molar-refractivity contribution in [2.24, 2.45) is 4.99 Å². The van der Waals surface area contributed by atoms with Gasteiger partial charge in [-0.1, -0.05) is 13.0 Å². The van der Waals surface area contributed by atoms with Gasteiger partial charge in [0, 0.05) is 17.3 Å². The minimum atomic E-state index is 0. The van der Waals surface area contributed by atoms with Crippen LogP contribution in [0.4, 0.5) is 0 Å². The number of thiazole rings is 1. The number of nitrogens with one attached hydrogen (secondary N) is 2. The van der Waals surface area contributed by atoms with E-state index in [2.05, 4.69) is 57.4 Å². The van der Waals surface area contributed by atoms with Crippen LogP contribution >= 0.6 is 46.7 Å². The number of guanidine groups is 1. The number of aliphatic imine (C=N–C) groups is 1. The molecule has 2 heterocycles. The normalized spacial score (nSPS) is 12.6. The van der Waals surface area contributed by atoms with Crippen molar-refractivity contribution in [1.29, 1.82) is 0 Å². The van der Waals surface area contributed by atoms with E-state index in [0.29, 0.717) is 6.54 Å². The van der Waals surface area contributed by atoms with Crippen LogP contribution in [0.3, 0.4) is 0 Å². The average Bonchev–Trinajstić information content (AvgIpc) is 3.13. The van der Waals surface area contributed by atoms with Crippen LogP contribution in [-0.4, -0.2) is 18.0 Å². The molecule has 4 nitrogen and oxygen atoms in total. The summed E-state index contributed by atoms with van der Waals surface area (Å²) in [5.74, 6) is 0.803. The molecule has 116 valence electrons. The van der Waals surface area contributed by atoms with E-state index < -0.39 is 0 Å². The number of aromatic nitrogens is 1. The molecular formula is C14H21IN4S2. The Kier molecular flexibility index (Phi) is 8.20. The van der Waals surface area contributed by atoms with E-state index in [4.69, 9.17) is 0 Å². The van der Waals surface area contributed by atoms with Crippen LogP contribution < -0.4 is 10.6 Å². The van der Waals surface area contributed by atoms with Crippen LogP contribution in [-0.2, 0) is 13.0 Å². The number of hydrogen-bond donors (Lipinski definition) is 2. The molecule has 0 amide bonds. The Balaban J connectivity index is 0.00000220. The Bertz CT molecular complexity index is 551. The molecular weight excluding hydrogens is 415 g/mol. The topological polar surface area (TPSA) is 49.3 Å². The summed E-state index contributed by atoms with van der Waals surface area (Å²) < 4.78 is 0. The first-order valence-corrected chi connectivity index (χ1v) is 8.42. The van der Waals surface area contributed by atoms with Gasteiger partial charge in [-0.05, 0) is 24.8 Å². The van der Waals surface area contributed by atoms with Crippen LogP contribution in [0.2, 0.25) is 0 Å². The van der Waals surface area contributed by atoms with Crippen molar-refractivity contribution in [2.75, 3.05) is 7.05 Å². The Morgan fingerprint density at radius 2 is 2.24 bits per heavy atom. The number of rotatable bonds is 5. The molecule has 2 rings (SSSR count). The van der Waals surface area contributed by atoms with Crippen molar-refractivity contribution in [2.45, 2.75) is 32.9 Å². The van der Waals surface area contributed by atoms with Crippen molar-refractivity contribution < 1.29 is 0 Å². The van der Waals surface area contributed by atoms with Gasteiger partial charge in [-0.15, -0.1) is 46.7 Å². The highest BCUT2D eigenvalue weighted by Crippen LogP contribution is 2.17. The largest absolute Gasteiger partial charge is 0.351 e. The highest BCUT2D eigenvalue weighted by molar-refractivity contribution is 14.0. The molecule has 0 aliphatic rings. The monoisotopic (exact) mass is 436 g/mol. The molecule has 1 atom stereocenters. The third-order valence-corrected chi connectivity index (χ3v) is 4.98. The van der Waals surface area contributed by atoms with Gasteiger partial charge < -0.3 is 10.6 Å². The van der Waals surface area contributed by atoms with E-state index in [0.717, 1.165) is 18.1 Å². The van der Waals surface area contributed by atoms with Gasteiger partial charge in [0.1, 0.15) is 0 Å². The fourth-order valence-electron chi connectivity index (χ4n) is 1.78. The van der Waals surface area contributed by atoms with Crippen LogP contribution in [0.25, 0.3) is 0 Å². The van der Waals surface area contributed by atoms with Gasteiger partial charge in [0.15, 0.2) is 5.96 Å². The molecule has 0 aliphatic carbocycles. The quantitative estimate of drug-likeness (QED) is 0.426. The molecule has 2 N–H and O–H groups in total. The maximum Gasteiger partial charge on any atom is 0.191 e. The molecule has 1 unspecified atom stereocenters. The maximum atomic E-state index is 4.54. The molecule has 2 aromatic rings. The molecule has 0 saturated carbocycles. The van der Waals surface area contributed by atoms with Gasteiger partial charge in [-0.3, -0.25) is 4.99 Å². The molecule has 0 fully saturated rings. The summed E-state index contributed by atoms with van der Waals surface area (Å²) in [5.41, 5.74) is 1.07. The summed E-state index contributed by atoms with van der Waals surface area (Å²) in [6.45, 7) is 4.96. The van der Waals surface area contributed by atoms with Gasteiger partial charge in [-0.2, -0.15) is 0 Å². The van der Waals surface area contributed by atoms with Crippen LogP contribution in [0.1, 0.15) is 35.5 Å². The van der Waals surface area contributed by atoms with E-state index in [9.17, 15) is 0 Å². The third kappa shape index (κ3) is 5.55. The fraction of sp³-hybridized carbons (Fsp3) is 0.429. The van der Waals surface area contributed by atoms with Crippen molar-refractivity contribution in [3.8, 4) is 0 Å². The van der Waals surface area contributed by atoms with E-state index in [1.165, 1.54) is 9.88 Å². The molecule has 0 spiro atoms.